The second-order valence-corrected chi connectivity index (χ2v) is 3.28. The summed E-state index contributed by atoms with van der Waals surface area (Å²) in [7, 11) is 4.80. The minimum absolute atomic E-state index is 0.179. The number of hydrogen-bond acceptors (Lipinski definition) is 4. The third kappa shape index (κ3) is 1.85. The molecule has 1 saturated heterocycles. The second kappa shape index (κ2) is 3.98. The van der Waals surface area contributed by atoms with Crippen LogP contribution < -0.4 is 14.2 Å². The predicted octanol–water partition coefficient (Wildman–Crippen LogP) is 1.78. The van der Waals surface area contributed by atoms with Crippen molar-refractivity contribution in [1.29, 1.82) is 0 Å². The van der Waals surface area contributed by atoms with Crippen LogP contribution in [0.4, 0.5) is 0 Å². The molecule has 1 aromatic carbocycles. The first kappa shape index (κ1) is 10.1. The minimum Gasteiger partial charge on any atom is -0.493 e. The molecule has 4 heteroatoms. The fraction of sp³-hybridized carbons (Fsp3) is 0.455. The van der Waals surface area contributed by atoms with Gasteiger partial charge in [0.15, 0.2) is 11.5 Å². The van der Waals surface area contributed by atoms with Gasteiger partial charge < -0.3 is 18.9 Å². The van der Waals surface area contributed by atoms with Gasteiger partial charge in [0, 0.05) is 0 Å². The SMILES string of the molecule is COc1cc([C@H]2CO2)cc(OC)c1OC. The van der Waals surface area contributed by atoms with E-state index in [1.165, 1.54) is 0 Å². The summed E-state index contributed by atoms with van der Waals surface area (Å²) in [5.74, 6) is 1.95. The third-order valence-corrected chi connectivity index (χ3v) is 2.39. The molecule has 0 bridgehead atoms. The summed E-state index contributed by atoms with van der Waals surface area (Å²) in [5.41, 5.74) is 1.06. The van der Waals surface area contributed by atoms with E-state index in [-0.39, 0.29) is 6.10 Å². The van der Waals surface area contributed by atoms with E-state index in [4.69, 9.17) is 18.9 Å². The molecule has 0 aliphatic carbocycles. The minimum atomic E-state index is 0.179. The summed E-state index contributed by atoms with van der Waals surface area (Å²) < 4.78 is 20.9. The fourth-order valence-corrected chi connectivity index (χ4v) is 1.53. The Bertz CT molecular complexity index is 333. The van der Waals surface area contributed by atoms with Crippen molar-refractivity contribution in [2.24, 2.45) is 0 Å². The molecule has 1 aliphatic rings. The number of benzene rings is 1. The van der Waals surface area contributed by atoms with E-state index in [1.807, 2.05) is 12.1 Å². The van der Waals surface area contributed by atoms with Crippen molar-refractivity contribution in [2.75, 3.05) is 27.9 Å². The molecule has 0 N–H and O–H groups in total. The first-order valence-corrected chi connectivity index (χ1v) is 4.71. The lowest BCUT2D eigenvalue weighted by molar-refractivity contribution is 0.322. The van der Waals surface area contributed by atoms with Crippen LogP contribution in [0.3, 0.4) is 0 Å². The van der Waals surface area contributed by atoms with E-state index in [1.54, 1.807) is 21.3 Å². The van der Waals surface area contributed by atoms with E-state index in [9.17, 15) is 0 Å². The highest BCUT2D eigenvalue weighted by Crippen LogP contribution is 2.42. The molecule has 0 spiro atoms. The Morgan fingerprint density at radius 1 is 1.07 bits per heavy atom. The lowest BCUT2D eigenvalue weighted by Gasteiger charge is -2.13. The Hall–Kier alpha value is -1.42. The zero-order valence-electron chi connectivity index (χ0n) is 9.07. The van der Waals surface area contributed by atoms with Crippen LogP contribution in [0.5, 0.6) is 17.2 Å². The Kier molecular flexibility index (Phi) is 2.68. The highest BCUT2D eigenvalue weighted by molar-refractivity contribution is 5.54. The highest BCUT2D eigenvalue weighted by atomic mass is 16.6. The Balaban J connectivity index is 2.45. The topological polar surface area (TPSA) is 40.2 Å². The second-order valence-electron chi connectivity index (χ2n) is 3.28. The van der Waals surface area contributed by atoms with Crippen molar-refractivity contribution < 1.29 is 18.9 Å². The first-order chi connectivity index (χ1) is 7.30. The van der Waals surface area contributed by atoms with Gasteiger partial charge in [-0.1, -0.05) is 0 Å². The van der Waals surface area contributed by atoms with Gasteiger partial charge in [-0.2, -0.15) is 0 Å². The maximum absolute atomic E-state index is 5.24. The first-order valence-electron chi connectivity index (χ1n) is 4.71. The molecule has 0 amide bonds. The molecule has 2 rings (SSSR count). The van der Waals surface area contributed by atoms with Gasteiger partial charge in [0.25, 0.3) is 0 Å². The van der Waals surface area contributed by atoms with Crippen LogP contribution >= 0.6 is 0 Å². The van der Waals surface area contributed by atoms with E-state index >= 15 is 0 Å². The molecule has 1 aliphatic heterocycles. The number of rotatable bonds is 4. The third-order valence-electron chi connectivity index (χ3n) is 2.39. The number of ether oxygens (including phenoxy) is 4. The highest BCUT2D eigenvalue weighted by Gasteiger charge is 2.27. The van der Waals surface area contributed by atoms with Crippen LogP contribution in [0.1, 0.15) is 11.7 Å². The van der Waals surface area contributed by atoms with Gasteiger partial charge >= 0.3 is 0 Å². The Labute approximate surface area is 88.7 Å². The largest absolute Gasteiger partial charge is 0.493 e. The van der Waals surface area contributed by atoms with E-state index < -0.39 is 0 Å². The van der Waals surface area contributed by atoms with Crippen LogP contribution in [0.2, 0.25) is 0 Å². The van der Waals surface area contributed by atoms with Gasteiger partial charge in [-0.3, -0.25) is 0 Å². The van der Waals surface area contributed by atoms with Crippen molar-refractivity contribution in [1.82, 2.24) is 0 Å². The van der Waals surface area contributed by atoms with Gasteiger partial charge in [-0.15, -0.1) is 0 Å². The van der Waals surface area contributed by atoms with E-state index in [2.05, 4.69) is 0 Å². The fourth-order valence-electron chi connectivity index (χ4n) is 1.53. The van der Waals surface area contributed by atoms with E-state index in [0.29, 0.717) is 17.2 Å². The standard InChI is InChI=1S/C11H14O4/c1-12-8-4-7(10-6-15-10)5-9(13-2)11(8)14-3/h4-5,10H,6H2,1-3H3/t10-/m1/s1. The maximum Gasteiger partial charge on any atom is 0.203 e. The lowest BCUT2D eigenvalue weighted by Crippen LogP contribution is -1.96. The van der Waals surface area contributed by atoms with Crippen LogP contribution in [-0.2, 0) is 4.74 Å². The summed E-state index contributed by atoms with van der Waals surface area (Å²) in [6.07, 6.45) is 0.179. The van der Waals surface area contributed by atoms with Gasteiger partial charge in [-0.05, 0) is 17.7 Å². The van der Waals surface area contributed by atoms with Crippen LogP contribution in [0.25, 0.3) is 0 Å². The van der Waals surface area contributed by atoms with Crippen LogP contribution in [-0.4, -0.2) is 27.9 Å². The van der Waals surface area contributed by atoms with Crippen molar-refractivity contribution in [3.05, 3.63) is 17.7 Å². The average molecular weight is 210 g/mol. The summed E-state index contributed by atoms with van der Waals surface area (Å²) >= 11 is 0. The molecular weight excluding hydrogens is 196 g/mol. The summed E-state index contributed by atoms with van der Waals surface area (Å²) in [6, 6.07) is 3.83. The molecule has 82 valence electrons. The summed E-state index contributed by atoms with van der Waals surface area (Å²) in [5, 5.41) is 0. The number of epoxide rings is 1. The van der Waals surface area contributed by atoms with Crippen molar-refractivity contribution >= 4 is 0 Å². The zero-order chi connectivity index (χ0) is 10.8. The molecule has 1 fully saturated rings. The van der Waals surface area contributed by atoms with Crippen molar-refractivity contribution in [3.63, 3.8) is 0 Å². The molecule has 4 nitrogen and oxygen atoms in total. The van der Waals surface area contributed by atoms with Crippen LogP contribution in [0.15, 0.2) is 12.1 Å². The maximum atomic E-state index is 5.24. The smallest absolute Gasteiger partial charge is 0.203 e. The summed E-state index contributed by atoms with van der Waals surface area (Å²) in [4.78, 5) is 0. The molecule has 1 aromatic rings. The molecule has 0 saturated carbocycles. The van der Waals surface area contributed by atoms with Gasteiger partial charge in [0.05, 0.1) is 27.9 Å². The van der Waals surface area contributed by atoms with Crippen molar-refractivity contribution in [2.45, 2.75) is 6.10 Å². The van der Waals surface area contributed by atoms with Gasteiger partial charge in [-0.25, -0.2) is 0 Å². The normalized spacial score (nSPS) is 18.5. The zero-order valence-corrected chi connectivity index (χ0v) is 9.07. The summed E-state index contributed by atoms with van der Waals surface area (Å²) in [6.45, 7) is 0.763. The lowest BCUT2D eigenvalue weighted by atomic mass is 10.1. The molecule has 15 heavy (non-hydrogen) atoms. The number of methoxy groups -OCH3 is 3. The Morgan fingerprint density at radius 3 is 1.93 bits per heavy atom. The molecule has 1 heterocycles. The van der Waals surface area contributed by atoms with E-state index in [0.717, 1.165) is 12.2 Å². The average Bonchev–Trinajstić information content (AvgIpc) is 3.10. The molecule has 0 radical (unpaired) electrons. The quantitative estimate of drug-likeness (QED) is 0.710. The van der Waals surface area contributed by atoms with Gasteiger partial charge in [0.1, 0.15) is 6.10 Å². The Morgan fingerprint density at radius 2 is 1.60 bits per heavy atom. The molecule has 0 unspecified atom stereocenters. The molecule has 0 aromatic heterocycles. The monoisotopic (exact) mass is 210 g/mol. The molecule has 1 atom stereocenters. The van der Waals surface area contributed by atoms with Gasteiger partial charge in [0.2, 0.25) is 5.75 Å². The van der Waals surface area contributed by atoms with Crippen molar-refractivity contribution in [3.8, 4) is 17.2 Å². The predicted molar refractivity (Wildman–Crippen MR) is 54.8 cm³/mol. The number of hydrogen-bond donors (Lipinski definition) is 0. The molecular formula is C11H14O4. The van der Waals surface area contributed by atoms with Crippen LogP contribution in [0, 0.1) is 0 Å².